The van der Waals surface area contributed by atoms with Gasteiger partial charge in [-0.15, -0.1) is 0 Å². The summed E-state index contributed by atoms with van der Waals surface area (Å²) in [6.45, 7) is 6.56. The zero-order chi connectivity index (χ0) is 27.9. The summed E-state index contributed by atoms with van der Waals surface area (Å²) in [5.74, 6) is -0.573. The molecule has 0 saturated heterocycles. The number of ether oxygens (including phenoxy) is 1. The first-order valence-corrected chi connectivity index (χ1v) is 12.5. The molecule has 1 amide bonds. The van der Waals surface area contributed by atoms with Crippen LogP contribution in [0.4, 0.5) is 13.2 Å². The SMILES string of the molecule is CCC(C)(CC1=CC=C(C)C(C(F)(F)F)=CC1)Cn1ccc(=O)c(C(=O)NCc2cccc(COC)c2)n1. The summed E-state index contributed by atoms with van der Waals surface area (Å²) in [6.07, 6.45) is 3.13. The first-order chi connectivity index (χ1) is 17.9. The third-order valence-electron chi connectivity index (χ3n) is 6.75. The third-order valence-corrected chi connectivity index (χ3v) is 6.75. The summed E-state index contributed by atoms with van der Waals surface area (Å²) in [6, 6.07) is 8.89. The van der Waals surface area contributed by atoms with Crippen LogP contribution in [0.3, 0.4) is 0 Å². The molecule has 0 fully saturated rings. The lowest BCUT2D eigenvalue weighted by atomic mass is 9.80. The first-order valence-electron chi connectivity index (χ1n) is 12.5. The quantitative estimate of drug-likeness (QED) is 0.417. The molecule has 2 aromatic rings. The number of nitrogens with zero attached hydrogens (tertiary/aromatic N) is 2. The number of rotatable bonds is 10. The molecule has 0 aliphatic heterocycles. The number of aromatic nitrogens is 2. The molecule has 1 aliphatic carbocycles. The Morgan fingerprint density at radius 1 is 1.18 bits per heavy atom. The average Bonchev–Trinajstić information content (AvgIpc) is 3.05. The topological polar surface area (TPSA) is 73.2 Å². The standard InChI is InChI=1S/C29H34F3N3O3/c1-5-28(3,16-21-10-9-20(2)24(12-11-21)29(30,31)32)19-35-14-13-25(36)26(34-35)27(37)33-17-22-7-6-8-23(15-22)18-38-4/h6-10,12-15H,5,11,16-19H2,1-4H3,(H,33,37). The molecule has 1 unspecified atom stereocenters. The van der Waals surface area contributed by atoms with Crippen molar-refractivity contribution in [3.63, 3.8) is 0 Å². The Balaban J connectivity index is 1.72. The van der Waals surface area contributed by atoms with Gasteiger partial charge in [0.15, 0.2) is 5.69 Å². The van der Waals surface area contributed by atoms with Crippen LogP contribution < -0.4 is 10.7 Å². The Bertz CT molecular complexity index is 1310. The summed E-state index contributed by atoms with van der Waals surface area (Å²) < 4.78 is 46.7. The largest absolute Gasteiger partial charge is 0.416 e. The van der Waals surface area contributed by atoms with Gasteiger partial charge in [-0.25, -0.2) is 0 Å². The summed E-state index contributed by atoms with van der Waals surface area (Å²) in [7, 11) is 1.61. The molecular formula is C29H34F3N3O3. The normalized spacial score (nSPS) is 15.6. The highest BCUT2D eigenvalue weighted by atomic mass is 19.4. The fraction of sp³-hybridized carbons (Fsp3) is 0.414. The molecule has 204 valence electrons. The summed E-state index contributed by atoms with van der Waals surface area (Å²) in [4.78, 5) is 25.2. The van der Waals surface area contributed by atoms with Gasteiger partial charge < -0.3 is 10.1 Å². The van der Waals surface area contributed by atoms with Crippen LogP contribution >= 0.6 is 0 Å². The molecule has 6 nitrogen and oxygen atoms in total. The van der Waals surface area contributed by atoms with E-state index in [1.54, 1.807) is 17.9 Å². The maximum absolute atomic E-state index is 13.3. The fourth-order valence-electron chi connectivity index (χ4n) is 4.45. The molecule has 1 aromatic heterocycles. The number of benzene rings is 1. The van der Waals surface area contributed by atoms with Gasteiger partial charge in [-0.05, 0) is 48.3 Å². The van der Waals surface area contributed by atoms with Gasteiger partial charge in [0.05, 0.1) is 12.2 Å². The molecule has 1 heterocycles. The van der Waals surface area contributed by atoms with Crippen molar-refractivity contribution in [3.05, 3.63) is 98.5 Å². The number of allylic oxidation sites excluding steroid dienone is 6. The highest BCUT2D eigenvalue weighted by molar-refractivity contribution is 5.91. The van der Waals surface area contributed by atoms with E-state index in [1.807, 2.05) is 38.1 Å². The van der Waals surface area contributed by atoms with E-state index in [-0.39, 0.29) is 29.6 Å². The monoisotopic (exact) mass is 529 g/mol. The first kappa shape index (κ1) is 29.1. The number of nitrogens with one attached hydrogen (secondary N) is 1. The zero-order valence-corrected chi connectivity index (χ0v) is 22.2. The van der Waals surface area contributed by atoms with E-state index < -0.39 is 23.1 Å². The highest BCUT2D eigenvalue weighted by Gasteiger charge is 2.35. The lowest BCUT2D eigenvalue weighted by Gasteiger charge is -2.30. The number of hydrogen-bond donors (Lipinski definition) is 1. The van der Waals surface area contributed by atoms with Crippen molar-refractivity contribution in [2.45, 2.75) is 65.9 Å². The summed E-state index contributed by atoms with van der Waals surface area (Å²) in [5, 5.41) is 7.07. The number of hydrogen-bond acceptors (Lipinski definition) is 4. The molecule has 3 rings (SSSR count). The number of carbonyl (C=O) groups is 1. The van der Waals surface area contributed by atoms with Crippen LogP contribution in [0.1, 0.15) is 61.6 Å². The van der Waals surface area contributed by atoms with Crippen LogP contribution in [-0.4, -0.2) is 29.0 Å². The second-order valence-corrected chi connectivity index (χ2v) is 10.00. The molecule has 0 saturated carbocycles. The smallest absolute Gasteiger partial charge is 0.380 e. The zero-order valence-electron chi connectivity index (χ0n) is 22.2. The minimum atomic E-state index is -4.39. The minimum absolute atomic E-state index is 0.189. The molecular weight excluding hydrogens is 495 g/mol. The van der Waals surface area contributed by atoms with Crippen LogP contribution in [0.5, 0.6) is 0 Å². The molecule has 1 atom stereocenters. The van der Waals surface area contributed by atoms with Gasteiger partial charge in [0.1, 0.15) is 0 Å². The van der Waals surface area contributed by atoms with Crippen molar-refractivity contribution in [3.8, 4) is 0 Å². The molecule has 0 spiro atoms. The van der Waals surface area contributed by atoms with Crippen LogP contribution in [0.15, 0.2) is 76.3 Å². The van der Waals surface area contributed by atoms with Crippen LogP contribution in [0, 0.1) is 5.41 Å². The van der Waals surface area contributed by atoms with E-state index in [0.717, 1.165) is 23.1 Å². The second-order valence-electron chi connectivity index (χ2n) is 10.00. The van der Waals surface area contributed by atoms with E-state index in [9.17, 15) is 22.8 Å². The van der Waals surface area contributed by atoms with E-state index in [0.29, 0.717) is 19.6 Å². The molecule has 1 aromatic carbocycles. The van der Waals surface area contributed by atoms with Gasteiger partial charge in [-0.1, -0.05) is 61.9 Å². The van der Waals surface area contributed by atoms with Gasteiger partial charge in [-0.3, -0.25) is 14.3 Å². The number of methoxy groups -OCH3 is 1. The summed E-state index contributed by atoms with van der Waals surface area (Å²) in [5.41, 5.74) is 1.25. The van der Waals surface area contributed by atoms with Crippen LogP contribution in [0.25, 0.3) is 0 Å². The Labute approximate surface area is 220 Å². The Morgan fingerprint density at radius 2 is 1.92 bits per heavy atom. The lowest BCUT2D eigenvalue weighted by molar-refractivity contribution is -0.0894. The van der Waals surface area contributed by atoms with Gasteiger partial charge in [0.2, 0.25) is 5.43 Å². The predicted octanol–water partition coefficient (Wildman–Crippen LogP) is 5.89. The van der Waals surface area contributed by atoms with E-state index >= 15 is 0 Å². The molecule has 38 heavy (non-hydrogen) atoms. The fourth-order valence-corrected chi connectivity index (χ4v) is 4.45. The van der Waals surface area contributed by atoms with E-state index in [4.69, 9.17) is 4.74 Å². The highest BCUT2D eigenvalue weighted by Crippen LogP contribution is 2.37. The van der Waals surface area contributed by atoms with Crippen molar-refractivity contribution in [1.29, 1.82) is 0 Å². The van der Waals surface area contributed by atoms with Gasteiger partial charge in [0.25, 0.3) is 5.91 Å². The third kappa shape index (κ3) is 7.77. The van der Waals surface area contributed by atoms with Crippen molar-refractivity contribution in [2.75, 3.05) is 7.11 Å². The molecule has 1 aliphatic rings. The second kappa shape index (κ2) is 12.4. The number of carbonyl (C=O) groups excluding carboxylic acids is 1. The summed E-state index contributed by atoms with van der Waals surface area (Å²) >= 11 is 0. The van der Waals surface area contributed by atoms with E-state index in [1.165, 1.54) is 31.3 Å². The Hall–Kier alpha value is -3.46. The number of alkyl halides is 3. The minimum Gasteiger partial charge on any atom is -0.380 e. The van der Waals surface area contributed by atoms with Crippen molar-refractivity contribution >= 4 is 5.91 Å². The Kier molecular flexibility index (Phi) is 9.49. The van der Waals surface area contributed by atoms with Gasteiger partial charge >= 0.3 is 6.18 Å². The predicted molar refractivity (Wildman–Crippen MR) is 140 cm³/mol. The maximum atomic E-state index is 13.3. The number of amides is 1. The van der Waals surface area contributed by atoms with E-state index in [2.05, 4.69) is 10.4 Å². The van der Waals surface area contributed by atoms with Crippen LogP contribution in [0.2, 0.25) is 0 Å². The molecule has 0 bridgehead atoms. The molecule has 0 radical (unpaired) electrons. The maximum Gasteiger partial charge on any atom is 0.416 e. The van der Waals surface area contributed by atoms with Gasteiger partial charge in [0, 0.05) is 32.5 Å². The molecule has 1 N–H and O–H groups in total. The lowest BCUT2D eigenvalue weighted by Crippen LogP contribution is -2.33. The van der Waals surface area contributed by atoms with Crippen molar-refractivity contribution in [1.82, 2.24) is 15.1 Å². The Morgan fingerprint density at radius 3 is 2.61 bits per heavy atom. The number of halogens is 3. The van der Waals surface area contributed by atoms with Gasteiger partial charge in [-0.2, -0.15) is 18.3 Å². The van der Waals surface area contributed by atoms with Crippen molar-refractivity contribution < 1.29 is 22.7 Å². The van der Waals surface area contributed by atoms with Crippen LogP contribution in [-0.2, 0) is 24.4 Å². The van der Waals surface area contributed by atoms with Crippen molar-refractivity contribution in [2.24, 2.45) is 5.41 Å². The molecule has 9 heteroatoms. The average molecular weight is 530 g/mol.